The molecule has 16 heavy (non-hydrogen) atoms. The highest BCUT2D eigenvalue weighted by Crippen LogP contribution is 2.31. The van der Waals surface area contributed by atoms with E-state index < -0.39 is 0 Å². The van der Waals surface area contributed by atoms with Gasteiger partial charge in [0.15, 0.2) is 0 Å². The van der Waals surface area contributed by atoms with Gasteiger partial charge >= 0.3 is 0 Å². The zero-order valence-corrected chi connectivity index (χ0v) is 10.5. The molecule has 0 radical (unpaired) electrons. The largest absolute Gasteiger partial charge is 0.316 e. The van der Waals surface area contributed by atoms with Crippen LogP contribution in [0.25, 0.3) is 0 Å². The van der Waals surface area contributed by atoms with Crippen molar-refractivity contribution in [2.45, 2.75) is 43.8 Å². The van der Waals surface area contributed by atoms with Crippen molar-refractivity contribution in [3.8, 4) is 0 Å². The molecule has 90 valence electrons. The minimum Gasteiger partial charge on any atom is -0.316 e. The Balaban J connectivity index is 1.86. The van der Waals surface area contributed by atoms with Crippen LogP contribution in [0.2, 0.25) is 0 Å². The van der Waals surface area contributed by atoms with E-state index in [9.17, 15) is 0 Å². The van der Waals surface area contributed by atoms with Crippen LogP contribution in [0.1, 0.15) is 38.6 Å². The summed E-state index contributed by atoms with van der Waals surface area (Å²) in [5.41, 5.74) is 0. The van der Waals surface area contributed by atoms with Crippen LogP contribution in [-0.2, 0) is 0 Å². The van der Waals surface area contributed by atoms with Crippen LogP contribution >= 0.6 is 11.8 Å². The van der Waals surface area contributed by atoms with Crippen LogP contribution < -0.4 is 5.32 Å². The molecule has 1 N–H and O–H groups in total. The van der Waals surface area contributed by atoms with Gasteiger partial charge in [0.05, 0.1) is 6.04 Å². The summed E-state index contributed by atoms with van der Waals surface area (Å²) < 4.78 is 2.02. The molecule has 1 aromatic heterocycles. The Morgan fingerprint density at radius 1 is 1.44 bits per heavy atom. The molecule has 2 rings (SSSR count). The second-order valence-electron chi connectivity index (χ2n) is 4.05. The number of nitrogens with zero attached hydrogens (tertiary/aromatic N) is 4. The molecule has 1 fully saturated rings. The van der Waals surface area contributed by atoms with Gasteiger partial charge in [-0.25, -0.2) is 4.68 Å². The van der Waals surface area contributed by atoms with E-state index in [1.807, 2.05) is 4.68 Å². The molecule has 1 aromatic rings. The van der Waals surface area contributed by atoms with E-state index >= 15 is 0 Å². The lowest BCUT2D eigenvalue weighted by atomic mass is 10.3. The maximum Gasteiger partial charge on any atom is 0.209 e. The molecular weight excluding hydrogens is 222 g/mol. The van der Waals surface area contributed by atoms with Gasteiger partial charge in [0.25, 0.3) is 0 Å². The van der Waals surface area contributed by atoms with Gasteiger partial charge in [0, 0.05) is 12.3 Å². The fourth-order valence-electron chi connectivity index (χ4n) is 2.05. The van der Waals surface area contributed by atoms with Gasteiger partial charge in [-0.05, 0) is 29.8 Å². The fraction of sp³-hybridized carbons (Fsp3) is 0.900. The molecule has 0 atom stereocenters. The first-order valence-electron chi connectivity index (χ1n) is 6.03. The van der Waals surface area contributed by atoms with Crippen molar-refractivity contribution in [1.82, 2.24) is 25.5 Å². The molecule has 0 unspecified atom stereocenters. The third kappa shape index (κ3) is 2.95. The first-order valence-corrected chi connectivity index (χ1v) is 7.01. The van der Waals surface area contributed by atoms with E-state index in [4.69, 9.17) is 0 Å². The van der Waals surface area contributed by atoms with Crippen LogP contribution in [0.5, 0.6) is 0 Å². The fourth-order valence-corrected chi connectivity index (χ4v) is 2.89. The van der Waals surface area contributed by atoms with E-state index in [-0.39, 0.29) is 0 Å². The lowest BCUT2D eigenvalue weighted by molar-refractivity contribution is 0.423. The zero-order chi connectivity index (χ0) is 11.2. The summed E-state index contributed by atoms with van der Waals surface area (Å²) in [6.07, 6.45) is 5.08. The van der Waals surface area contributed by atoms with Crippen molar-refractivity contribution in [2.24, 2.45) is 0 Å². The summed E-state index contributed by atoms with van der Waals surface area (Å²) >= 11 is 1.74. The lowest BCUT2D eigenvalue weighted by Gasteiger charge is -2.10. The maximum absolute atomic E-state index is 4.11. The minimum absolute atomic E-state index is 0.539. The van der Waals surface area contributed by atoms with Gasteiger partial charge in [-0.2, -0.15) is 0 Å². The minimum atomic E-state index is 0.539. The molecule has 0 saturated heterocycles. The average molecular weight is 241 g/mol. The van der Waals surface area contributed by atoms with Crippen molar-refractivity contribution < 1.29 is 0 Å². The Morgan fingerprint density at radius 2 is 2.25 bits per heavy atom. The van der Waals surface area contributed by atoms with Crippen LogP contribution in [0.3, 0.4) is 0 Å². The third-order valence-electron chi connectivity index (χ3n) is 2.89. The summed E-state index contributed by atoms with van der Waals surface area (Å²) in [7, 11) is 0. The highest BCUT2D eigenvalue weighted by Gasteiger charge is 2.21. The molecule has 0 bridgehead atoms. The first kappa shape index (κ1) is 11.9. The number of aromatic nitrogens is 4. The van der Waals surface area contributed by atoms with Crippen LogP contribution in [0.15, 0.2) is 5.16 Å². The number of hydrogen-bond donors (Lipinski definition) is 1. The molecular formula is C10H19N5S. The van der Waals surface area contributed by atoms with Gasteiger partial charge in [-0.1, -0.05) is 31.5 Å². The van der Waals surface area contributed by atoms with Gasteiger partial charge < -0.3 is 5.32 Å². The van der Waals surface area contributed by atoms with Gasteiger partial charge in [0.2, 0.25) is 5.16 Å². The Hall–Kier alpha value is -0.620. The second-order valence-corrected chi connectivity index (χ2v) is 5.11. The summed E-state index contributed by atoms with van der Waals surface area (Å²) in [6, 6.07) is 0.539. The van der Waals surface area contributed by atoms with Crippen molar-refractivity contribution in [1.29, 1.82) is 0 Å². The van der Waals surface area contributed by atoms with E-state index in [1.165, 1.54) is 25.7 Å². The summed E-state index contributed by atoms with van der Waals surface area (Å²) in [5.74, 6) is 1.03. The SMILES string of the molecule is CCNCCSc1nnnn1C1CCCC1. The zero-order valence-electron chi connectivity index (χ0n) is 9.72. The van der Waals surface area contributed by atoms with Gasteiger partial charge in [-0.3, -0.25) is 0 Å². The second kappa shape index (κ2) is 6.20. The number of thioether (sulfide) groups is 1. The molecule has 1 aliphatic carbocycles. The van der Waals surface area contributed by atoms with Crippen molar-refractivity contribution in [3.05, 3.63) is 0 Å². The molecule has 0 aliphatic heterocycles. The van der Waals surface area contributed by atoms with E-state index in [2.05, 4.69) is 27.8 Å². The number of hydrogen-bond acceptors (Lipinski definition) is 5. The molecule has 0 aromatic carbocycles. The molecule has 0 amide bonds. The van der Waals surface area contributed by atoms with Gasteiger partial charge in [-0.15, -0.1) is 5.10 Å². The Morgan fingerprint density at radius 3 is 3.00 bits per heavy atom. The molecule has 1 aliphatic rings. The third-order valence-corrected chi connectivity index (χ3v) is 3.83. The number of tetrazole rings is 1. The number of rotatable bonds is 6. The van der Waals surface area contributed by atoms with Crippen molar-refractivity contribution in [2.75, 3.05) is 18.8 Å². The van der Waals surface area contributed by atoms with E-state index in [0.717, 1.165) is 24.0 Å². The molecule has 1 heterocycles. The smallest absolute Gasteiger partial charge is 0.209 e. The topological polar surface area (TPSA) is 55.6 Å². The van der Waals surface area contributed by atoms with Crippen LogP contribution in [0, 0.1) is 0 Å². The summed E-state index contributed by atoms with van der Waals surface area (Å²) in [6.45, 7) is 4.15. The van der Waals surface area contributed by atoms with Crippen molar-refractivity contribution in [3.63, 3.8) is 0 Å². The van der Waals surface area contributed by atoms with Crippen LogP contribution in [-0.4, -0.2) is 39.0 Å². The lowest BCUT2D eigenvalue weighted by Crippen LogP contribution is -2.16. The Bertz CT molecular complexity index is 308. The molecule has 6 heteroatoms. The van der Waals surface area contributed by atoms with Crippen molar-refractivity contribution >= 4 is 11.8 Å². The molecule has 5 nitrogen and oxygen atoms in total. The maximum atomic E-state index is 4.11. The normalized spacial score (nSPS) is 17.1. The predicted molar refractivity (Wildman–Crippen MR) is 64.6 cm³/mol. The summed E-state index contributed by atoms with van der Waals surface area (Å²) in [5, 5.41) is 16.3. The monoisotopic (exact) mass is 241 g/mol. The molecule has 1 saturated carbocycles. The Labute approximate surface area is 100 Å². The Kier molecular flexibility index (Phi) is 4.59. The highest BCUT2D eigenvalue weighted by molar-refractivity contribution is 7.99. The first-order chi connectivity index (χ1) is 7.92. The standard InChI is InChI=1S/C10H19N5S/c1-2-11-7-8-16-10-12-13-14-15(10)9-5-3-4-6-9/h9,11H,2-8H2,1H3. The quantitative estimate of drug-likeness (QED) is 0.604. The summed E-state index contributed by atoms with van der Waals surface area (Å²) in [4.78, 5) is 0. The van der Waals surface area contributed by atoms with Crippen LogP contribution in [0.4, 0.5) is 0 Å². The average Bonchev–Trinajstić information content (AvgIpc) is 2.94. The van der Waals surface area contributed by atoms with Gasteiger partial charge in [0.1, 0.15) is 0 Å². The number of nitrogens with one attached hydrogen (secondary N) is 1. The van der Waals surface area contributed by atoms with E-state index in [1.54, 1.807) is 11.8 Å². The van der Waals surface area contributed by atoms with E-state index in [0.29, 0.717) is 6.04 Å². The molecule has 0 spiro atoms. The highest BCUT2D eigenvalue weighted by atomic mass is 32.2. The predicted octanol–water partition coefficient (Wildman–Crippen LogP) is 1.49.